The van der Waals surface area contributed by atoms with Crippen molar-refractivity contribution >= 4 is 149 Å². The lowest BCUT2D eigenvalue weighted by molar-refractivity contribution is -0.385. The first-order chi connectivity index (χ1) is 67.1. The van der Waals surface area contributed by atoms with Crippen LogP contribution in [0.5, 0.6) is 0 Å². The number of aliphatic imine (C=N–C) groups is 2. The highest BCUT2D eigenvalue weighted by Crippen LogP contribution is 2.44. The lowest BCUT2D eigenvalue weighted by Gasteiger charge is -2.33. The van der Waals surface area contributed by atoms with Crippen LogP contribution in [0.3, 0.4) is 0 Å². The Morgan fingerprint density at radius 3 is 1.24 bits per heavy atom. The number of hydrogen-bond donors (Lipinski definition) is 2. The molecule has 0 aromatic heterocycles. The van der Waals surface area contributed by atoms with E-state index in [1.807, 2.05) is 60.3 Å². The van der Waals surface area contributed by atoms with Crippen molar-refractivity contribution in [2.45, 2.75) is 243 Å². The molecule has 1 aliphatic heterocycles. The number of amides is 3. The number of nitrogens with zero attached hydrogens (tertiary/aromatic N) is 7. The number of anilines is 1. The van der Waals surface area contributed by atoms with E-state index in [0.29, 0.717) is 84.5 Å². The highest BCUT2D eigenvalue weighted by Gasteiger charge is 2.37. The number of carbonyl (C=O) groups excluding carboxylic acids is 10. The van der Waals surface area contributed by atoms with E-state index in [2.05, 4.69) is 125 Å². The number of amidine groups is 1. The summed E-state index contributed by atoms with van der Waals surface area (Å²) in [6.07, 6.45) is 27.7. The molecule has 30 heteroatoms. The monoisotopic (exact) mass is 2100 g/mol. The average Bonchev–Trinajstić information content (AvgIpc) is 1.74. The molecule has 3 amide bonds. The van der Waals surface area contributed by atoms with Crippen LogP contribution >= 0.6 is 58.2 Å². The molecule has 3 N–H and O–H groups in total. The van der Waals surface area contributed by atoms with E-state index in [0.717, 1.165) is 78.4 Å². The minimum Gasteiger partial charge on any atom is -0.399 e. The number of nitro benzene ring substituents is 2. The number of nitrogen functional groups attached to an aromatic ring is 1. The molecule has 8 aromatic carbocycles. The summed E-state index contributed by atoms with van der Waals surface area (Å²) in [5.74, 6) is 4.33. The highest BCUT2D eigenvalue weighted by molar-refractivity contribution is 14.1. The molecule has 13 rings (SSSR count). The van der Waals surface area contributed by atoms with Crippen molar-refractivity contribution < 1.29 is 72.3 Å². The van der Waals surface area contributed by atoms with Crippen LogP contribution in [0.15, 0.2) is 211 Å². The molecule has 0 saturated heterocycles. The van der Waals surface area contributed by atoms with Gasteiger partial charge in [0.05, 0.1) is 42.4 Å². The van der Waals surface area contributed by atoms with Gasteiger partial charge in [0.25, 0.3) is 34.3 Å². The number of nitro groups is 2. The number of rotatable bonds is 30. The molecular weight excluding hydrogens is 1960 g/mol. The number of isothiocyanates is 1. The summed E-state index contributed by atoms with van der Waals surface area (Å²) in [7, 11) is 8.73. The number of non-ortho nitro benzene ring substituents is 2. The van der Waals surface area contributed by atoms with Crippen LogP contribution in [0, 0.1) is 43.9 Å². The third-order valence-electron chi connectivity index (χ3n) is 24.5. The van der Waals surface area contributed by atoms with Crippen molar-refractivity contribution in [3.8, 4) is 0 Å². The Morgan fingerprint density at radius 1 is 0.489 bits per heavy atom. The van der Waals surface area contributed by atoms with Crippen LogP contribution in [0.1, 0.15) is 292 Å². The second kappa shape index (κ2) is 62.2. The van der Waals surface area contributed by atoms with Crippen molar-refractivity contribution in [3.05, 3.63) is 293 Å². The molecule has 0 spiro atoms. The first kappa shape index (κ1) is 118. The van der Waals surface area contributed by atoms with Gasteiger partial charge >= 0.3 is 0 Å². The van der Waals surface area contributed by atoms with E-state index in [9.17, 15) is 68.2 Å². The zero-order chi connectivity index (χ0) is 104. The lowest BCUT2D eigenvalue weighted by atomic mass is 9.73. The number of thioether (sulfide) groups is 1. The molecule has 4 saturated carbocycles. The number of nitrogens with two attached hydrogens (primary N) is 1. The molecule has 1 heterocycles. The number of allylic oxidation sites excluding steroid dienone is 1. The van der Waals surface area contributed by atoms with E-state index in [4.69, 9.17) is 44.2 Å². The molecule has 4 unspecified atom stereocenters. The maximum atomic E-state index is 12.4. The molecule has 0 bridgehead atoms. The maximum Gasteiger partial charge on any atom is 0.277 e. The third kappa shape index (κ3) is 42.8. The van der Waals surface area contributed by atoms with Crippen LogP contribution < -0.4 is 11.1 Å². The minimum absolute atomic E-state index is 0.0441. The van der Waals surface area contributed by atoms with Gasteiger partial charge in [-0.2, -0.15) is 0 Å². The van der Waals surface area contributed by atoms with Gasteiger partial charge in [-0.05, 0) is 247 Å². The van der Waals surface area contributed by atoms with E-state index < -0.39 is 21.0 Å². The Kier molecular flexibility index (Phi) is 52.2. The lowest BCUT2D eigenvalue weighted by Crippen LogP contribution is -2.38. The van der Waals surface area contributed by atoms with Crippen molar-refractivity contribution in [2.75, 3.05) is 54.0 Å². The quantitative estimate of drug-likeness (QED) is 0.00403. The molecule has 26 nitrogen and oxygen atoms in total. The fourth-order valence-corrected chi connectivity index (χ4v) is 20.3. The first-order valence-electron chi connectivity index (χ1n) is 48.0. The van der Waals surface area contributed by atoms with Gasteiger partial charge in [-0.25, -0.2) is 20.2 Å². The number of nitrogens with one attached hydrogen (secondary N) is 1. The van der Waals surface area contributed by atoms with Crippen LogP contribution in [0.4, 0.5) is 17.1 Å². The Balaban J connectivity index is 0.000000250. The normalized spacial score (nSPS) is 15.2. The number of thiocarbonyl (C=S) groups is 1. The van der Waals surface area contributed by atoms with Crippen molar-refractivity contribution in [1.29, 1.82) is 0 Å². The maximum absolute atomic E-state index is 12.4. The van der Waals surface area contributed by atoms with Crippen molar-refractivity contribution in [1.82, 2.24) is 20.5 Å². The zero-order valence-corrected chi connectivity index (χ0v) is 88.5. The number of ketones is 6. The van der Waals surface area contributed by atoms with Gasteiger partial charge in [0, 0.05) is 140 Å². The second-order valence-corrected chi connectivity index (χ2v) is 40.0. The average molecular weight is 2100 g/mol. The molecule has 8 aromatic rings. The van der Waals surface area contributed by atoms with Crippen LogP contribution in [-0.4, -0.2) is 157 Å². The smallest absolute Gasteiger partial charge is 0.277 e. The van der Waals surface area contributed by atoms with Gasteiger partial charge in [-0.1, -0.05) is 239 Å². The Bertz CT molecular complexity index is 5490. The van der Waals surface area contributed by atoms with Gasteiger partial charge < -0.3 is 11.1 Å². The number of hydrogen-bond acceptors (Lipinski definition) is 23. The number of alkyl halides is 1. The number of hydroxylamine groups is 6. The molecule has 4 atom stereocenters. The fourth-order valence-electron chi connectivity index (χ4n) is 17.6. The molecule has 756 valence electrons. The van der Waals surface area contributed by atoms with E-state index in [-0.39, 0.29) is 84.5 Å². The predicted molar refractivity (Wildman–Crippen MR) is 573 cm³/mol. The molecule has 4 fully saturated rings. The van der Waals surface area contributed by atoms with Gasteiger partial charge in [-0.3, -0.25) is 87.7 Å². The summed E-state index contributed by atoms with van der Waals surface area (Å²) < 4.78 is 0.116. The minimum atomic E-state index is -0.696. The molecular formula is C111H139ClIN9O17S2. The van der Waals surface area contributed by atoms with E-state index >= 15 is 0 Å². The second-order valence-electron chi connectivity index (χ2n) is 37.1. The molecule has 141 heavy (non-hydrogen) atoms. The van der Waals surface area contributed by atoms with Crippen LogP contribution in [-0.2, 0) is 70.6 Å². The topological polar surface area (TPSA) is 357 Å². The number of halogens is 2. The van der Waals surface area contributed by atoms with Gasteiger partial charge in [0.15, 0.2) is 11.0 Å². The van der Waals surface area contributed by atoms with Crippen molar-refractivity contribution in [2.24, 2.45) is 33.7 Å². The van der Waals surface area contributed by atoms with Gasteiger partial charge in [0.2, 0.25) is 0 Å². The Labute approximate surface area is 859 Å². The van der Waals surface area contributed by atoms with Gasteiger partial charge in [-0.15, -0.1) is 0 Å². The Morgan fingerprint density at radius 2 is 0.830 bits per heavy atom. The van der Waals surface area contributed by atoms with Crippen LogP contribution in [0.25, 0.3) is 5.57 Å². The highest BCUT2D eigenvalue weighted by atomic mass is 127. The van der Waals surface area contributed by atoms with E-state index in [1.54, 1.807) is 84.3 Å². The number of Topliss-reactive ketones (excluding diaryl/α,β-unsaturated/α-hetero) is 6. The van der Waals surface area contributed by atoms with Gasteiger partial charge in [0.1, 0.15) is 33.0 Å². The van der Waals surface area contributed by atoms with Crippen molar-refractivity contribution in [3.63, 3.8) is 0 Å². The summed E-state index contributed by atoms with van der Waals surface area (Å²) >= 11 is 14.2. The summed E-state index contributed by atoms with van der Waals surface area (Å²) in [5.41, 5.74) is 18.3. The summed E-state index contributed by atoms with van der Waals surface area (Å²) in [6, 6.07) is 57.9. The SMILES string of the molecule is C=C(c1cccc(CC(C)=O)c1)C1CCCCC1.CC(=O)Cc1cccc(C(=O)C2CCCCC2)c1.CC(=O)Cc1cccc(C(C2CCCCC2)C(I)N=C=S)c1.CC(=O)Cc1cccc(C(C2CCCCC2)C2CSC(NC(C)(C)C)=N2)c1.CON(C)C(=O)c1cccc(CC(C)=O)c1.CON(C)C(=O)c1cccc(N)c1.CON(C)C(=O)c1cccc([N+](=O)[O-])c1.O=C(Cl)c1cccc([N+](=O)[O-])c1. The largest absolute Gasteiger partial charge is 0.399 e. The molecule has 5 aliphatic rings. The summed E-state index contributed by atoms with van der Waals surface area (Å²) in [5, 5.41) is 30.5. The molecule has 4 aliphatic carbocycles. The first-order valence-corrected chi connectivity index (χ1v) is 51.0. The molecule has 0 radical (unpaired) electrons. The Hall–Kier alpha value is -11.3. The summed E-state index contributed by atoms with van der Waals surface area (Å²) in [6.45, 7) is 18.9. The van der Waals surface area contributed by atoms with E-state index in [1.165, 1.54) is 216 Å². The zero-order valence-electron chi connectivity index (χ0n) is 83.9. The predicted octanol–water partition coefficient (Wildman–Crippen LogP) is 24.2. The fraction of sp³-hybridized carbons (Fsp3) is 0.441. The van der Waals surface area contributed by atoms with Crippen LogP contribution in [0.2, 0.25) is 0 Å². The number of benzene rings is 8. The number of carbonyl (C=O) groups is 10. The third-order valence-corrected chi connectivity index (χ3v) is 26.8. The summed E-state index contributed by atoms with van der Waals surface area (Å²) in [4.78, 5) is 157. The standard InChI is InChI=1S/C23H34N2OS.C18H22INOS.C17H22O.C16H20O2.C12H15NO3.C9H10N2O4.C9H12N2O2.C7H4ClNO3/c1-16(26)13-17-9-8-12-19(14-17)21(18-10-6-5-7-11-18)20-15-27-22(24-20)25-23(2,3)4;1-13(21)10-14-6-5-9-16(11-14)17(18(19)20-12-22)15-7-3-2-4-8-15;1-13(18)11-15-7-6-10-17(12-15)14(2)16-8-4-3-5-9-16;1-12(17)10-13-6-5-9-15(11-13)16(18)14-7-3-2-4-8-14;1-9(14)7-10-5-4-6-11(8-10)12(15)13(2)16-3;1-10(15-2)9(12)7-4-3-5-8(6-7)11(13)14;1-11(13-2)9(12)7-4-3-5-8(10)6-7;8-7(10)5-2-1-3-6(4-5)9(11)12/h8-9,12,14,18,20-21H,5-7,10-11,13,15H2,1-4H3,(H,24,25);5-6,9,11,15,17-18H,2-4,7-8,10H2,1H3;6-7,10,12,16H,2-5,8-9,11H2,1H3;5-6,9,11,14H,2-4,7-8,10H2,1H3;4-6,8H,7H2,1-3H3;3-6H,1-2H3;3-6H,10H2,1-2H3;1-4H.